The zero-order valence-corrected chi connectivity index (χ0v) is 12.3. The molecular weight excluding hydrogens is 276 g/mol. The Hall–Kier alpha value is -1.70. The van der Waals surface area contributed by atoms with Crippen molar-refractivity contribution < 1.29 is 8.42 Å². The molecule has 0 saturated heterocycles. The molecule has 20 heavy (non-hydrogen) atoms. The average Bonchev–Trinajstić information content (AvgIpc) is 2.96. The van der Waals surface area contributed by atoms with E-state index in [1.807, 2.05) is 37.3 Å². The standard InChI is InChI=1S/C13H18N4O2S/c1-11(14-2)8-16-20(18,19)13-9-15-17(10-13)12-6-4-3-5-7-12/h3-7,9-11,14,16H,8H2,1-2H3. The molecule has 0 aliphatic rings. The van der Waals surface area contributed by atoms with Crippen LogP contribution in [0.2, 0.25) is 0 Å². The van der Waals surface area contributed by atoms with Crippen LogP contribution in [0.3, 0.4) is 0 Å². The number of hydrogen-bond donors (Lipinski definition) is 2. The van der Waals surface area contributed by atoms with Gasteiger partial charge in [0.25, 0.3) is 0 Å². The quantitative estimate of drug-likeness (QED) is 0.824. The second kappa shape index (κ2) is 6.17. The van der Waals surface area contributed by atoms with E-state index in [-0.39, 0.29) is 10.9 Å². The first-order valence-corrected chi connectivity index (χ1v) is 7.78. The second-order valence-corrected chi connectivity index (χ2v) is 6.26. The predicted molar refractivity (Wildman–Crippen MR) is 77.3 cm³/mol. The summed E-state index contributed by atoms with van der Waals surface area (Å²) in [6, 6.07) is 9.43. The molecule has 0 aliphatic heterocycles. The van der Waals surface area contributed by atoms with Crippen LogP contribution in [0.1, 0.15) is 6.92 Å². The molecule has 7 heteroatoms. The molecular formula is C13H18N4O2S. The van der Waals surface area contributed by atoms with E-state index < -0.39 is 10.0 Å². The molecule has 1 unspecified atom stereocenters. The Labute approximate surface area is 118 Å². The maximum atomic E-state index is 12.1. The van der Waals surface area contributed by atoms with Crippen LogP contribution in [-0.4, -0.2) is 37.8 Å². The van der Waals surface area contributed by atoms with Crippen LogP contribution in [0.4, 0.5) is 0 Å². The monoisotopic (exact) mass is 294 g/mol. The van der Waals surface area contributed by atoms with E-state index >= 15 is 0 Å². The summed E-state index contributed by atoms with van der Waals surface area (Å²) in [7, 11) is -1.74. The highest BCUT2D eigenvalue weighted by Gasteiger charge is 2.17. The molecule has 2 N–H and O–H groups in total. The van der Waals surface area contributed by atoms with Crippen molar-refractivity contribution >= 4 is 10.0 Å². The first kappa shape index (κ1) is 14.7. The Bertz CT molecular complexity index is 652. The van der Waals surface area contributed by atoms with E-state index in [0.29, 0.717) is 6.54 Å². The minimum Gasteiger partial charge on any atom is -0.316 e. The van der Waals surface area contributed by atoms with Crippen molar-refractivity contribution in [1.29, 1.82) is 0 Å². The number of benzene rings is 1. The Balaban J connectivity index is 2.16. The van der Waals surface area contributed by atoms with E-state index in [1.54, 1.807) is 7.05 Å². The van der Waals surface area contributed by atoms with Crippen LogP contribution >= 0.6 is 0 Å². The first-order chi connectivity index (χ1) is 9.53. The highest BCUT2D eigenvalue weighted by molar-refractivity contribution is 7.89. The summed E-state index contributed by atoms with van der Waals surface area (Å²) in [5, 5.41) is 7.05. The fraction of sp³-hybridized carbons (Fsp3) is 0.308. The lowest BCUT2D eigenvalue weighted by Gasteiger charge is -2.10. The Kier molecular flexibility index (Phi) is 4.53. The van der Waals surface area contributed by atoms with Gasteiger partial charge in [-0.15, -0.1) is 0 Å². The van der Waals surface area contributed by atoms with Crippen LogP contribution in [0.5, 0.6) is 0 Å². The van der Waals surface area contributed by atoms with Gasteiger partial charge in [-0.25, -0.2) is 17.8 Å². The lowest BCUT2D eigenvalue weighted by Crippen LogP contribution is -2.37. The van der Waals surface area contributed by atoms with Crippen molar-refractivity contribution in [1.82, 2.24) is 19.8 Å². The third-order valence-electron chi connectivity index (χ3n) is 2.96. The number of rotatable bonds is 6. The van der Waals surface area contributed by atoms with Gasteiger partial charge in [-0.3, -0.25) is 0 Å². The maximum Gasteiger partial charge on any atom is 0.243 e. The third kappa shape index (κ3) is 3.44. The zero-order chi connectivity index (χ0) is 14.6. The number of aromatic nitrogens is 2. The molecule has 0 bridgehead atoms. The second-order valence-electron chi connectivity index (χ2n) is 4.50. The summed E-state index contributed by atoms with van der Waals surface area (Å²) >= 11 is 0. The normalized spacial score (nSPS) is 13.3. The van der Waals surface area contributed by atoms with Gasteiger partial charge < -0.3 is 5.32 Å². The van der Waals surface area contributed by atoms with Gasteiger partial charge in [0.15, 0.2) is 0 Å². The van der Waals surface area contributed by atoms with Crippen LogP contribution in [0.25, 0.3) is 5.69 Å². The van der Waals surface area contributed by atoms with Crippen molar-refractivity contribution in [3.63, 3.8) is 0 Å². The molecule has 0 aliphatic carbocycles. The summed E-state index contributed by atoms with van der Waals surface area (Å²) in [5.41, 5.74) is 0.817. The Morgan fingerprint density at radius 3 is 2.65 bits per heavy atom. The molecule has 6 nitrogen and oxygen atoms in total. The Morgan fingerprint density at radius 2 is 2.00 bits per heavy atom. The topological polar surface area (TPSA) is 76.0 Å². The van der Waals surface area contributed by atoms with Gasteiger partial charge in [-0.05, 0) is 26.1 Å². The highest BCUT2D eigenvalue weighted by atomic mass is 32.2. The summed E-state index contributed by atoms with van der Waals surface area (Å²) in [4.78, 5) is 0.157. The molecule has 108 valence electrons. The molecule has 0 fully saturated rings. The molecule has 1 aromatic carbocycles. The van der Waals surface area contributed by atoms with Crippen LogP contribution < -0.4 is 10.0 Å². The van der Waals surface area contributed by atoms with Crippen molar-refractivity contribution in [3.05, 3.63) is 42.7 Å². The summed E-state index contributed by atoms with van der Waals surface area (Å²) in [6.45, 7) is 2.23. The van der Waals surface area contributed by atoms with E-state index in [0.717, 1.165) is 5.69 Å². The molecule has 0 amide bonds. The SMILES string of the molecule is CNC(C)CNS(=O)(=O)c1cnn(-c2ccccc2)c1. The van der Waals surface area contributed by atoms with E-state index in [2.05, 4.69) is 15.1 Å². The van der Waals surface area contributed by atoms with Crippen molar-refractivity contribution in [2.45, 2.75) is 17.9 Å². The van der Waals surface area contributed by atoms with E-state index in [4.69, 9.17) is 0 Å². The summed E-state index contributed by atoms with van der Waals surface area (Å²) in [5.74, 6) is 0. The predicted octanol–water partition coefficient (Wildman–Crippen LogP) is 0.758. The number of nitrogens with one attached hydrogen (secondary N) is 2. The fourth-order valence-electron chi connectivity index (χ4n) is 1.59. The minimum absolute atomic E-state index is 0.0638. The molecule has 1 heterocycles. The molecule has 0 saturated carbocycles. The first-order valence-electron chi connectivity index (χ1n) is 6.30. The van der Waals surface area contributed by atoms with Gasteiger partial charge in [-0.2, -0.15) is 5.10 Å². The highest BCUT2D eigenvalue weighted by Crippen LogP contribution is 2.11. The number of para-hydroxylation sites is 1. The van der Waals surface area contributed by atoms with Crippen LogP contribution in [0.15, 0.2) is 47.6 Å². The van der Waals surface area contributed by atoms with Gasteiger partial charge >= 0.3 is 0 Å². The number of hydrogen-bond acceptors (Lipinski definition) is 4. The van der Waals surface area contributed by atoms with Crippen LogP contribution in [0, 0.1) is 0 Å². The largest absolute Gasteiger partial charge is 0.316 e. The smallest absolute Gasteiger partial charge is 0.243 e. The molecule has 0 spiro atoms. The number of sulfonamides is 1. The molecule has 0 radical (unpaired) electrons. The van der Waals surface area contributed by atoms with Gasteiger partial charge in [0.1, 0.15) is 4.90 Å². The van der Waals surface area contributed by atoms with Crippen molar-refractivity contribution in [2.24, 2.45) is 0 Å². The van der Waals surface area contributed by atoms with E-state index in [1.165, 1.54) is 17.1 Å². The number of nitrogens with zero attached hydrogens (tertiary/aromatic N) is 2. The van der Waals surface area contributed by atoms with Crippen molar-refractivity contribution in [2.75, 3.05) is 13.6 Å². The zero-order valence-electron chi connectivity index (χ0n) is 11.4. The Morgan fingerprint density at radius 1 is 1.30 bits per heavy atom. The van der Waals surface area contributed by atoms with Gasteiger partial charge in [0.05, 0.1) is 18.1 Å². The molecule has 2 aromatic rings. The lowest BCUT2D eigenvalue weighted by molar-refractivity contribution is 0.554. The summed E-state index contributed by atoms with van der Waals surface area (Å²) in [6.07, 6.45) is 2.85. The molecule has 1 aromatic heterocycles. The van der Waals surface area contributed by atoms with Crippen LogP contribution in [-0.2, 0) is 10.0 Å². The minimum atomic E-state index is -3.53. The van der Waals surface area contributed by atoms with Gasteiger partial charge in [-0.1, -0.05) is 18.2 Å². The van der Waals surface area contributed by atoms with Gasteiger partial charge in [0, 0.05) is 12.6 Å². The van der Waals surface area contributed by atoms with Gasteiger partial charge in [0.2, 0.25) is 10.0 Å². The average molecular weight is 294 g/mol. The summed E-state index contributed by atoms with van der Waals surface area (Å²) < 4.78 is 28.3. The lowest BCUT2D eigenvalue weighted by atomic mass is 10.3. The molecule has 2 rings (SSSR count). The fourth-order valence-corrected chi connectivity index (χ4v) is 2.65. The third-order valence-corrected chi connectivity index (χ3v) is 4.34. The molecule has 1 atom stereocenters. The number of likely N-dealkylation sites (N-methyl/N-ethyl adjacent to an activating group) is 1. The van der Waals surface area contributed by atoms with Crippen molar-refractivity contribution in [3.8, 4) is 5.69 Å². The maximum absolute atomic E-state index is 12.1. The van der Waals surface area contributed by atoms with E-state index in [9.17, 15) is 8.42 Å².